The van der Waals surface area contributed by atoms with Gasteiger partial charge in [-0.2, -0.15) is 0 Å². The summed E-state index contributed by atoms with van der Waals surface area (Å²) in [6.07, 6.45) is 0.913. The predicted molar refractivity (Wildman–Crippen MR) is 128 cm³/mol. The maximum absolute atomic E-state index is 13.5. The Morgan fingerprint density at radius 1 is 0.912 bits per heavy atom. The molecule has 0 aromatic heterocycles. The minimum absolute atomic E-state index is 0.0791. The van der Waals surface area contributed by atoms with Crippen molar-refractivity contribution in [1.29, 1.82) is 0 Å². The quantitative estimate of drug-likeness (QED) is 0.176. The summed E-state index contributed by atoms with van der Waals surface area (Å²) >= 11 is 0. The maximum atomic E-state index is 13.5. The molecule has 8 nitrogen and oxygen atoms in total. The zero-order chi connectivity index (χ0) is 23.3. The molecular formula is C25H24N3O5P. The summed E-state index contributed by atoms with van der Waals surface area (Å²) in [6.45, 7) is 3.11. The van der Waals surface area contributed by atoms with E-state index in [1.54, 1.807) is 18.2 Å². The van der Waals surface area contributed by atoms with E-state index >= 15 is 0 Å². The summed E-state index contributed by atoms with van der Waals surface area (Å²) in [4.78, 5) is 11.4. The highest BCUT2D eigenvalue weighted by Gasteiger charge is 2.51. The Hall–Kier alpha value is -3.03. The van der Waals surface area contributed by atoms with Gasteiger partial charge in [0, 0.05) is 32.2 Å². The zero-order valence-corrected chi connectivity index (χ0v) is 19.4. The molecule has 2 saturated heterocycles. The van der Waals surface area contributed by atoms with Crippen molar-refractivity contribution in [2.45, 2.75) is 18.9 Å². The minimum Gasteiger partial charge on any atom is -0.450 e. The molecule has 0 bridgehead atoms. The lowest BCUT2D eigenvalue weighted by Crippen LogP contribution is -2.11. The monoisotopic (exact) mass is 477 g/mol. The molecule has 174 valence electrons. The second-order valence-electron chi connectivity index (χ2n) is 8.80. The van der Waals surface area contributed by atoms with Gasteiger partial charge >= 0.3 is 13.4 Å². The van der Waals surface area contributed by atoms with Crippen LogP contribution < -0.4 is 4.74 Å². The van der Waals surface area contributed by atoms with Crippen LogP contribution in [0.3, 0.4) is 0 Å². The minimum atomic E-state index is -3.01. The number of fused-ring (bicyclic) bond motifs is 1. The van der Waals surface area contributed by atoms with E-state index in [0.29, 0.717) is 18.6 Å². The lowest BCUT2D eigenvalue weighted by Gasteiger charge is -2.24. The molecule has 3 aliphatic rings. The van der Waals surface area contributed by atoms with Crippen LogP contribution in [0.1, 0.15) is 23.7 Å². The second-order valence-corrected chi connectivity index (χ2v) is 11.1. The van der Waals surface area contributed by atoms with Crippen molar-refractivity contribution < 1.29 is 18.7 Å². The molecule has 1 atom stereocenters. The molecule has 3 aromatic rings. The first-order valence-electron chi connectivity index (χ1n) is 11.4. The van der Waals surface area contributed by atoms with Gasteiger partial charge in [0.05, 0.1) is 11.0 Å². The number of hydrogen-bond acceptors (Lipinski definition) is 5. The number of hydrogen-bond donors (Lipinski definition) is 0. The number of aryl methyl sites for hydroxylation is 1. The number of nitro groups is 1. The lowest BCUT2D eigenvalue weighted by atomic mass is 10.1. The molecule has 0 amide bonds. The Balaban J connectivity index is 1.32. The van der Waals surface area contributed by atoms with Crippen molar-refractivity contribution in [3.63, 3.8) is 0 Å². The van der Waals surface area contributed by atoms with Crippen LogP contribution in [0.2, 0.25) is 0 Å². The largest absolute Gasteiger partial charge is 0.450 e. The van der Waals surface area contributed by atoms with E-state index in [1.807, 2.05) is 57.9 Å². The second kappa shape index (κ2) is 8.32. The highest BCUT2D eigenvalue weighted by atomic mass is 31.2. The van der Waals surface area contributed by atoms with Crippen molar-refractivity contribution >= 4 is 13.4 Å². The molecule has 9 heteroatoms. The fourth-order valence-corrected chi connectivity index (χ4v) is 6.85. The van der Waals surface area contributed by atoms with E-state index in [9.17, 15) is 14.7 Å². The van der Waals surface area contributed by atoms with Gasteiger partial charge in [0.1, 0.15) is 5.75 Å². The van der Waals surface area contributed by atoms with Gasteiger partial charge in [-0.3, -0.25) is 19.2 Å². The molecule has 6 rings (SSSR count). The lowest BCUT2D eigenvalue weighted by molar-refractivity contribution is -0.385. The summed E-state index contributed by atoms with van der Waals surface area (Å²) in [5.74, 6) is 0.677. The highest BCUT2D eigenvalue weighted by Crippen LogP contribution is 2.64. The van der Waals surface area contributed by atoms with E-state index in [0.717, 1.165) is 48.4 Å². The molecule has 0 radical (unpaired) electrons. The highest BCUT2D eigenvalue weighted by molar-refractivity contribution is 7.54. The topological polar surface area (TPSA) is 84.7 Å². The number of rotatable bonds is 8. The van der Waals surface area contributed by atoms with E-state index in [-0.39, 0.29) is 17.5 Å². The smallest absolute Gasteiger partial charge is 0.346 e. The summed E-state index contributed by atoms with van der Waals surface area (Å²) in [6, 6.07) is 20.7. The van der Waals surface area contributed by atoms with Crippen molar-refractivity contribution in [2.75, 3.05) is 26.2 Å². The third-order valence-electron chi connectivity index (χ3n) is 6.44. The van der Waals surface area contributed by atoms with Crippen LogP contribution in [0.25, 0.3) is 11.1 Å². The molecular weight excluding hydrogens is 453 g/mol. The van der Waals surface area contributed by atoms with E-state index < -0.39 is 12.6 Å². The molecule has 0 unspecified atom stereocenters. The van der Waals surface area contributed by atoms with Crippen LogP contribution >= 0.6 is 7.67 Å². The van der Waals surface area contributed by atoms with Gasteiger partial charge in [0.25, 0.3) is 0 Å². The Bertz CT molecular complexity index is 1290. The number of nitrogens with zero attached hydrogens (tertiary/aromatic N) is 3. The standard InChI is InChI=1S/C25H24N3O5P/c29-28(30)23-16-20-9-10-24(33-34(31,26-11-12-26)27-13-14-27)22(20)17-25(23)32-21-8-4-7-19(15-21)18-5-2-1-3-6-18/h1-8,15-17,24H,9-14H2/t24-/m0/s1. The fourth-order valence-electron chi connectivity index (χ4n) is 4.49. The van der Waals surface area contributed by atoms with E-state index in [4.69, 9.17) is 9.26 Å². The van der Waals surface area contributed by atoms with E-state index in [2.05, 4.69) is 0 Å². The summed E-state index contributed by atoms with van der Waals surface area (Å²) in [5.41, 5.74) is 3.59. The van der Waals surface area contributed by atoms with Gasteiger partial charge in [0.15, 0.2) is 0 Å². The maximum Gasteiger partial charge on any atom is 0.346 e. The molecule has 2 aliphatic heterocycles. The van der Waals surface area contributed by atoms with Gasteiger partial charge in [0.2, 0.25) is 5.75 Å². The average Bonchev–Trinajstić information content (AvgIpc) is 3.76. The van der Waals surface area contributed by atoms with E-state index in [1.165, 1.54) is 0 Å². The average molecular weight is 477 g/mol. The summed E-state index contributed by atoms with van der Waals surface area (Å²) in [5, 5.41) is 11.8. The van der Waals surface area contributed by atoms with Gasteiger partial charge in [-0.25, -0.2) is 9.34 Å². The molecule has 2 heterocycles. The number of benzene rings is 3. The molecule has 1 aliphatic carbocycles. The first-order valence-corrected chi connectivity index (χ1v) is 13.0. The Morgan fingerprint density at radius 3 is 2.29 bits per heavy atom. The van der Waals surface area contributed by atoms with Gasteiger partial charge in [-0.15, -0.1) is 0 Å². The zero-order valence-electron chi connectivity index (χ0n) is 18.5. The first kappa shape index (κ1) is 21.5. The number of ether oxygens (including phenoxy) is 1. The number of nitro benzene ring substituents is 1. The van der Waals surface area contributed by atoms with Gasteiger partial charge in [-0.05, 0) is 53.3 Å². The molecule has 0 saturated carbocycles. The Morgan fingerprint density at radius 2 is 1.62 bits per heavy atom. The fraction of sp³-hybridized carbons (Fsp3) is 0.280. The van der Waals surface area contributed by atoms with Crippen LogP contribution in [0, 0.1) is 10.1 Å². The third kappa shape index (κ3) is 4.03. The summed E-state index contributed by atoms with van der Waals surface area (Å²) < 4.78 is 29.6. The Kier molecular flexibility index (Phi) is 5.26. The third-order valence-corrected chi connectivity index (χ3v) is 9.19. The van der Waals surface area contributed by atoms with Crippen LogP contribution in [-0.2, 0) is 15.5 Å². The van der Waals surface area contributed by atoms with Crippen LogP contribution in [0.4, 0.5) is 5.69 Å². The molecule has 0 N–H and O–H groups in total. The molecule has 34 heavy (non-hydrogen) atoms. The normalized spacial score (nSPS) is 19.6. The van der Waals surface area contributed by atoms with Crippen molar-refractivity contribution in [3.05, 3.63) is 88.0 Å². The van der Waals surface area contributed by atoms with Crippen LogP contribution in [0.5, 0.6) is 11.5 Å². The van der Waals surface area contributed by atoms with Crippen LogP contribution in [-0.4, -0.2) is 40.4 Å². The summed E-state index contributed by atoms with van der Waals surface area (Å²) in [7, 11) is -3.01. The first-order chi connectivity index (χ1) is 16.5. The van der Waals surface area contributed by atoms with Crippen molar-refractivity contribution in [1.82, 2.24) is 9.34 Å². The predicted octanol–water partition coefficient (Wildman–Crippen LogP) is 5.80. The molecule has 2 fully saturated rings. The van der Waals surface area contributed by atoms with Gasteiger partial charge in [-0.1, -0.05) is 42.5 Å². The van der Waals surface area contributed by atoms with Crippen LogP contribution in [0.15, 0.2) is 66.7 Å². The molecule has 0 spiro atoms. The Labute approximate surface area is 197 Å². The SMILES string of the molecule is O=[N+]([O-])c1cc2c(cc1Oc1cccc(-c3ccccc3)c1)[C@@H](OP(=O)(N1CC1)N1CC1)CC2. The van der Waals surface area contributed by atoms with Crippen molar-refractivity contribution in [2.24, 2.45) is 0 Å². The van der Waals surface area contributed by atoms with Gasteiger partial charge < -0.3 is 4.74 Å². The molecule has 3 aromatic carbocycles. The van der Waals surface area contributed by atoms with Crippen molar-refractivity contribution in [3.8, 4) is 22.6 Å².